The van der Waals surface area contributed by atoms with Crippen molar-refractivity contribution in [3.05, 3.63) is 60.2 Å². The number of nitrogens with one attached hydrogen (secondary N) is 1. The molecule has 0 spiro atoms. The second kappa shape index (κ2) is 9.77. The van der Waals surface area contributed by atoms with Crippen LogP contribution in [0, 0.1) is 11.3 Å². The monoisotopic (exact) mass is 447 g/mol. The average molecular weight is 448 g/mol. The van der Waals surface area contributed by atoms with Gasteiger partial charge in [0.1, 0.15) is 0 Å². The summed E-state index contributed by atoms with van der Waals surface area (Å²) >= 11 is 0. The molecule has 2 fully saturated rings. The Morgan fingerprint density at radius 2 is 1.82 bits per heavy atom. The minimum atomic E-state index is -0.691. The maximum absolute atomic E-state index is 13.5. The molecule has 0 aromatic heterocycles. The lowest BCUT2D eigenvalue weighted by molar-refractivity contribution is -0.144. The number of rotatable bonds is 6. The van der Waals surface area contributed by atoms with Crippen LogP contribution in [-0.4, -0.2) is 60.7 Å². The van der Waals surface area contributed by atoms with Crippen LogP contribution >= 0.6 is 0 Å². The molecule has 2 aliphatic rings. The summed E-state index contributed by atoms with van der Waals surface area (Å²) in [5, 5.41) is 3.04. The summed E-state index contributed by atoms with van der Waals surface area (Å²) in [4.78, 5) is 42.2. The van der Waals surface area contributed by atoms with Gasteiger partial charge in [0.2, 0.25) is 17.7 Å². The average Bonchev–Trinajstić information content (AvgIpc) is 3.18. The van der Waals surface area contributed by atoms with Crippen molar-refractivity contribution >= 4 is 17.7 Å². The first kappa shape index (κ1) is 23.0. The van der Waals surface area contributed by atoms with Gasteiger partial charge < -0.3 is 15.1 Å². The van der Waals surface area contributed by atoms with Gasteiger partial charge in [0.25, 0.3) is 0 Å². The maximum atomic E-state index is 13.5. The first-order valence-corrected chi connectivity index (χ1v) is 11.9. The normalized spacial score (nSPS) is 23.0. The summed E-state index contributed by atoms with van der Waals surface area (Å²) in [5.41, 5.74) is 2.66. The Kier molecular flexibility index (Phi) is 6.82. The number of carbonyl (C=O) groups excluding carboxylic acids is 3. The van der Waals surface area contributed by atoms with Crippen molar-refractivity contribution in [2.24, 2.45) is 11.3 Å². The molecule has 2 aromatic carbocycles. The van der Waals surface area contributed by atoms with Crippen LogP contribution in [0.2, 0.25) is 0 Å². The Balaban J connectivity index is 1.63. The first-order valence-electron chi connectivity index (χ1n) is 11.9. The van der Waals surface area contributed by atoms with E-state index in [0.29, 0.717) is 32.6 Å². The van der Waals surface area contributed by atoms with Crippen molar-refractivity contribution in [3.63, 3.8) is 0 Å². The second-order valence-corrected chi connectivity index (χ2v) is 9.38. The molecule has 1 N–H and O–H groups in total. The van der Waals surface area contributed by atoms with Gasteiger partial charge in [-0.3, -0.25) is 14.4 Å². The summed E-state index contributed by atoms with van der Waals surface area (Å²) in [6, 6.07) is 18.4. The SMILES string of the molecule is CCNC(=O)[C@]1(Cc2ccccc2-c2ccccc2)CCCN(C(=O)[C@@H]2CC(=O)N(C)C2)C1. The van der Waals surface area contributed by atoms with Crippen LogP contribution in [0.5, 0.6) is 0 Å². The molecule has 0 saturated carbocycles. The van der Waals surface area contributed by atoms with E-state index in [1.165, 1.54) is 0 Å². The van der Waals surface area contributed by atoms with Gasteiger partial charge in [-0.2, -0.15) is 0 Å². The summed E-state index contributed by atoms with van der Waals surface area (Å²) in [6.07, 6.45) is 2.33. The molecule has 6 heteroatoms. The zero-order valence-electron chi connectivity index (χ0n) is 19.5. The van der Waals surface area contributed by atoms with E-state index in [1.807, 2.05) is 42.2 Å². The minimum Gasteiger partial charge on any atom is -0.356 e. The molecule has 2 aromatic rings. The van der Waals surface area contributed by atoms with Crippen LogP contribution in [0.3, 0.4) is 0 Å². The van der Waals surface area contributed by atoms with Gasteiger partial charge in [0.15, 0.2) is 0 Å². The van der Waals surface area contributed by atoms with E-state index in [4.69, 9.17) is 0 Å². The van der Waals surface area contributed by atoms with E-state index in [0.717, 1.165) is 29.5 Å². The summed E-state index contributed by atoms with van der Waals surface area (Å²) in [7, 11) is 1.74. The van der Waals surface area contributed by atoms with Crippen molar-refractivity contribution in [2.75, 3.05) is 33.2 Å². The van der Waals surface area contributed by atoms with Crippen molar-refractivity contribution in [2.45, 2.75) is 32.6 Å². The highest BCUT2D eigenvalue weighted by Crippen LogP contribution is 2.38. The molecule has 174 valence electrons. The predicted octanol–water partition coefficient (Wildman–Crippen LogP) is 3.12. The number of hydrogen-bond donors (Lipinski definition) is 1. The number of benzene rings is 2. The van der Waals surface area contributed by atoms with E-state index in [1.54, 1.807) is 11.9 Å². The van der Waals surface area contributed by atoms with E-state index in [9.17, 15) is 14.4 Å². The molecule has 0 unspecified atom stereocenters. The topological polar surface area (TPSA) is 69.7 Å². The Morgan fingerprint density at radius 3 is 2.52 bits per heavy atom. The highest BCUT2D eigenvalue weighted by molar-refractivity contribution is 5.90. The molecule has 2 heterocycles. The maximum Gasteiger partial charge on any atom is 0.228 e. The lowest BCUT2D eigenvalue weighted by Crippen LogP contribution is -2.55. The highest BCUT2D eigenvalue weighted by atomic mass is 16.2. The lowest BCUT2D eigenvalue weighted by atomic mass is 9.73. The third kappa shape index (κ3) is 4.80. The van der Waals surface area contributed by atoms with Crippen molar-refractivity contribution in [3.8, 4) is 11.1 Å². The van der Waals surface area contributed by atoms with Gasteiger partial charge in [0, 0.05) is 39.6 Å². The van der Waals surface area contributed by atoms with Gasteiger partial charge in [-0.1, -0.05) is 54.6 Å². The number of nitrogens with zero attached hydrogens (tertiary/aromatic N) is 2. The number of piperidine rings is 1. The molecule has 0 bridgehead atoms. The second-order valence-electron chi connectivity index (χ2n) is 9.38. The quantitative estimate of drug-likeness (QED) is 0.740. The van der Waals surface area contributed by atoms with Crippen LogP contribution < -0.4 is 5.32 Å². The zero-order valence-corrected chi connectivity index (χ0v) is 19.5. The molecule has 3 amide bonds. The van der Waals surface area contributed by atoms with Crippen molar-refractivity contribution in [1.29, 1.82) is 0 Å². The van der Waals surface area contributed by atoms with Crippen LogP contribution in [0.25, 0.3) is 11.1 Å². The zero-order chi connectivity index (χ0) is 23.4. The Morgan fingerprint density at radius 1 is 1.09 bits per heavy atom. The summed E-state index contributed by atoms with van der Waals surface area (Å²) < 4.78 is 0. The minimum absolute atomic E-state index is 0.00239. The van der Waals surface area contributed by atoms with Crippen LogP contribution in [-0.2, 0) is 20.8 Å². The molecule has 2 aliphatic heterocycles. The Bertz CT molecular complexity index is 1020. The predicted molar refractivity (Wildman–Crippen MR) is 128 cm³/mol. The van der Waals surface area contributed by atoms with Gasteiger partial charge in [0.05, 0.1) is 11.3 Å². The largest absolute Gasteiger partial charge is 0.356 e. The van der Waals surface area contributed by atoms with E-state index in [-0.39, 0.29) is 30.1 Å². The Labute approximate surface area is 196 Å². The molecule has 6 nitrogen and oxygen atoms in total. The van der Waals surface area contributed by atoms with Crippen LogP contribution in [0.4, 0.5) is 0 Å². The molecule has 33 heavy (non-hydrogen) atoms. The summed E-state index contributed by atoms with van der Waals surface area (Å²) in [6.45, 7) is 3.95. The summed E-state index contributed by atoms with van der Waals surface area (Å²) in [5.74, 6) is -0.302. The first-order chi connectivity index (χ1) is 15.9. The van der Waals surface area contributed by atoms with E-state index in [2.05, 4.69) is 29.6 Å². The van der Waals surface area contributed by atoms with Gasteiger partial charge >= 0.3 is 0 Å². The third-order valence-corrected chi connectivity index (χ3v) is 7.03. The fourth-order valence-corrected chi connectivity index (χ4v) is 5.30. The molecule has 4 rings (SSSR count). The van der Waals surface area contributed by atoms with Gasteiger partial charge in [-0.15, -0.1) is 0 Å². The lowest BCUT2D eigenvalue weighted by Gasteiger charge is -2.42. The highest BCUT2D eigenvalue weighted by Gasteiger charge is 2.45. The smallest absolute Gasteiger partial charge is 0.228 e. The third-order valence-electron chi connectivity index (χ3n) is 7.03. The van der Waals surface area contributed by atoms with Gasteiger partial charge in [-0.25, -0.2) is 0 Å². The van der Waals surface area contributed by atoms with Crippen molar-refractivity contribution in [1.82, 2.24) is 15.1 Å². The number of hydrogen-bond acceptors (Lipinski definition) is 3. The molecule has 2 atom stereocenters. The fourth-order valence-electron chi connectivity index (χ4n) is 5.30. The number of amides is 3. The van der Waals surface area contributed by atoms with E-state index < -0.39 is 5.41 Å². The van der Waals surface area contributed by atoms with Crippen LogP contribution in [0.1, 0.15) is 31.7 Å². The number of likely N-dealkylation sites (tertiary alicyclic amines) is 2. The standard InChI is InChI=1S/C27H33N3O3/c1-3-28-26(33)27(17-21-12-7-8-13-23(21)20-10-5-4-6-11-20)14-9-15-30(19-27)25(32)22-16-24(31)29(2)18-22/h4-8,10-13,22H,3,9,14-19H2,1-2H3,(H,28,33)/t22-,27+/m1/s1. The van der Waals surface area contributed by atoms with Gasteiger partial charge in [-0.05, 0) is 42.9 Å². The fraction of sp³-hybridized carbons (Fsp3) is 0.444. The van der Waals surface area contributed by atoms with E-state index >= 15 is 0 Å². The molecular formula is C27H33N3O3. The Hall–Kier alpha value is -3.15. The van der Waals surface area contributed by atoms with Crippen molar-refractivity contribution < 1.29 is 14.4 Å². The molecule has 0 radical (unpaired) electrons. The number of carbonyl (C=O) groups is 3. The molecule has 0 aliphatic carbocycles. The van der Waals surface area contributed by atoms with Crippen LogP contribution in [0.15, 0.2) is 54.6 Å². The molecular weight excluding hydrogens is 414 g/mol. The molecule has 2 saturated heterocycles.